The van der Waals surface area contributed by atoms with Gasteiger partial charge in [0, 0.05) is 6.42 Å². The minimum atomic E-state index is -0.528. The molecule has 1 heteroatoms. The molecule has 0 spiro atoms. The molecule has 114 valence electrons. The zero-order chi connectivity index (χ0) is 14.3. The Morgan fingerprint density at radius 1 is 1.00 bits per heavy atom. The second-order valence-electron chi connectivity index (χ2n) is 6.82. The Bertz CT molecular complexity index is 353. The Balaban J connectivity index is 1.66. The van der Waals surface area contributed by atoms with Gasteiger partial charge in [-0.2, -0.15) is 0 Å². The first-order valence-electron chi connectivity index (χ1n) is 8.86. The molecule has 0 radical (unpaired) electrons. The predicted molar refractivity (Wildman–Crippen MR) is 86.8 cm³/mol. The van der Waals surface area contributed by atoms with Crippen LogP contribution >= 0.6 is 0 Å². The van der Waals surface area contributed by atoms with Crippen LogP contribution < -0.4 is 0 Å². The van der Waals surface area contributed by atoms with E-state index in [9.17, 15) is 5.11 Å². The van der Waals surface area contributed by atoms with Crippen LogP contribution in [-0.2, 0) is 0 Å². The number of rotatable bonds is 8. The van der Waals surface area contributed by atoms with E-state index in [1.165, 1.54) is 76.2 Å². The average Bonchev–Trinajstić information content (AvgIpc) is 2.46. The van der Waals surface area contributed by atoms with Gasteiger partial charge in [0.1, 0.15) is 0 Å². The fourth-order valence-corrected chi connectivity index (χ4v) is 3.64. The molecule has 0 aromatic heterocycles. The SMILES string of the molecule is CCCCCCCCCC1(O)C=CC2=C(CCCC2)C1. The van der Waals surface area contributed by atoms with E-state index in [2.05, 4.69) is 19.1 Å². The third-order valence-electron chi connectivity index (χ3n) is 4.96. The summed E-state index contributed by atoms with van der Waals surface area (Å²) in [6.45, 7) is 2.26. The molecule has 0 amide bonds. The molecule has 0 saturated carbocycles. The smallest absolute Gasteiger partial charge is 0.0867 e. The maximum absolute atomic E-state index is 10.7. The fraction of sp³-hybridized carbons (Fsp3) is 0.789. The molecule has 0 aromatic rings. The monoisotopic (exact) mass is 276 g/mol. The summed E-state index contributed by atoms with van der Waals surface area (Å²) in [7, 11) is 0. The molecule has 1 N–H and O–H groups in total. The first kappa shape index (κ1) is 15.8. The van der Waals surface area contributed by atoms with Gasteiger partial charge in [-0.1, -0.05) is 69.6 Å². The van der Waals surface area contributed by atoms with Gasteiger partial charge in [0.2, 0.25) is 0 Å². The molecule has 2 aliphatic rings. The molecule has 2 aliphatic carbocycles. The van der Waals surface area contributed by atoms with Crippen LogP contribution in [0.2, 0.25) is 0 Å². The number of aliphatic hydroxyl groups is 1. The van der Waals surface area contributed by atoms with Crippen molar-refractivity contribution in [3.8, 4) is 0 Å². The van der Waals surface area contributed by atoms with Gasteiger partial charge in [-0.05, 0) is 37.7 Å². The number of hydrogen-bond acceptors (Lipinski definition) is 1. The molecule has 0 bridgehead atoms. The Kier molecular flexibility index (Phi) is 6.35. The van der Waals surface area contributed by atoms with Crippen LogP contribution in [0.5, 0.6) is 0 Å². The summed E-state index contributed by atoms with van der Waals surface area (Å²) in [5.41, 5.74) is 2.55. The van der Waals surface area contributed by atoms with E-state index in [0.29, 0.717) is 0 Å². The summed E-state index contributed by atoms with van der Waals surface area (Å²) in [4.78, 5) is 0. The largest absolute Gasteiger partial charge is 0.385 e. The van der Waals surface area contributed by atoms with E-state index >= 15 is 0 Å². The van der Waals surface area contributed by atoms with Gasteiger partial charge in [-0.25, -0.2) is 0 Å². The third kappa shape index (κ3) is 4.77. The van der Waals surface area contributed by atoms with E-state index in [1.54, 1.807) is 5.57 Å². The highest BCUT2D eigenvalue weighted by atomic mass is 16.3. The van der Waals surface area contributed by atoms with Crippen molar-refractivity contribution in [2.75, 3.05) is 0 Å². The molecule has 0 fully saturated rings. The second kappa shape index (κ2) is 8.02. The summed E-state index contributed by atoms with van der Waals surface area (Å²) in [6, 6.07) is 0. The highest BCUT2D eigenvalue weighted by Gasteiger charge is 2.29. The van der Waals surface area contributed by atoms with Crippen molar-refractivity contribution in [1.82, 2.24) is 0 Å². The van der Waals surface area contributed by atoms with Gasteiger partial charge in [0.05, 0.1) is 5.60 Å². The normalized spacial score (nSPS) is 25.9. The lowest BCUT2D eigenvalue weighted by Crippen LogP contribution is -2.29. The number of allylic oxidation sites excluding steroid dienone is 2. The van der Waals surface area contributed by atoms with Crippen molar-refractivity contribution < 1.29 is 5.11 Å². The quantitative estimate of drug-likeness (QED) is 0.565. The molecule has 0 heterocycles. The van der Waals surface area contributed by atoms with E-state index < -0.39 is 5.60 Å². The molecule has 1 unspecified atom stereocenters. The van der Waals surface area contributed by atoms with Crippen molar-refractivity contribution in [2.45, 2.75) is 96.0 Å². The summed E-state index contributed by atoms with van der Waals surface area (Å²) >= 11 is 0. The van der Waals surface area contributed by atoms with Crippen molar-refractivity contribution in [3.63, 3.8) is 0 Å². The van der Waals surface area contributed by atoms with Gasteiger partial charge >= 0.3 is 0 Å². The Hall–Kier alpha value is -0.560. The maximum atomic E-state index is 10.7. The van der Waals surface area contributed by atoms with Gasteiger partial charge in [0.15, 0.2) is 0 Å². The van der Waals surface area contributed by atoms with E-state index in [0.717, 1.165) is 12.8 Å². The van der Waals surface area contributed by atoms with Crippen molar-refractivity contribution >= 4 is 0 Å². The number of unbranched alkanes of at least 4 members (excludes halogenated alkanes) is 6. The van der Waals surface area contributed by atoms with Crippen LogP contribution in [0.1, 0.15) is 90.4 Å². The zero-order valence-corrected chi connectivity index (χ0v) is 13.3. The third-order valence-corrected chi connectivity index (χ3v) is 4.96. The topological polar surface area (TPSA) is 20.2 Å². The minimum Gasteiger partial charge on any atom is -0.385 e. The standard InChI is InChI=1S/C19H32O/c1-2-3-4-5-6-7-10-14-19(20)15-13-17-11-8-9-12-18(17)16-19/h13,15,20H,2-12,14,16H2,1H3. The van der Waals surface area contributed by atoms with Crippen molar-refractivity contribution in [2.24, 2.45) is 0 Å². The van der Waals surface area contributed by atoms with Gasteiger partial charge in [0.25, 0.3) is 0 Å². The molecule has 1 atom stereocenters. The van der Waals surface area contributed by atoms with E-state index in [1.807, 2.05) is 0 Å². The van der Waals surface area contributed by atoms with Crippen molar-refractivity contribution in [3.05, 3.63) is 23.3 Å². The number of hydrogen-bond donors (Lipinski definition) is 1. The van der Waals surface area contributed by atoms with Gasteiger partial charge < -0.3 is 5.11 Å². The zero-order valence-electron chi connectivity index (χ0n) is 13.3. The summed E-state index contributed by atoms with van der Waals surface area (Å²) in [5, 5.41) is 10.7. The molecular weight excluding hydrogens is 244 g/mol. The Morgan fingerprint density at radius 3 is 2.50 bits per heavy atom. The molecule has 2 rings (SSSR count). The fourth-order valence-electron chi connectivity index (χ4n) is 3.64. The van der Waals surface area contributed by atoms with Crippen LogP contribution in [0.15, 0.2) is 23.3 Å². The summed E-state index contributed by atoms with van der Waals surface area (Å²) in [6.07, 6.45) is 20.5. The summed E-state index contributed by atoms with van der Waals surface area (Å²) in [5.74, 6) is 0. The molecule has 0 saturated heterocycles. The predicted octanol–water partition coefficient (Wildman–Crippen LogP) is 5.69. The van der Waals surface area contributed by atoms with Crippen molar-refractivity contribution in [1.29, 1.82) is 0 Å². The molecule has 0 aromatic carbocycles. The first-order chi connectivity index (χ1) is 9.73. The van der Waals surface area contributed by atoms with Crippen LogP contribution in [-0.4, -0.2) is 10.7 Å². The molecule has 1 nitrogen and oxygen atoms in total. The lowest BCUT2D eigenvalue weighted by atomic mass is 9.77. The van der Waals surface area contributed by atoms with Crippen LogP contribution in [0, 0.1) is 0 Å². The van der Waals surface area contributed by atoms with Crippen LogP contribution in [0.4, 0.5) is 0 Å². The first-order valence-corrected chi connectivity index (χ1v) is 8.86. The van der Waals surface area contributed by atoms with E-state index in [-0.39, 0.29) is 0 Å². The molecular formula is C19H32O. The maximum Gasteiger partial charge on any atom is 0.0867 e. The lowest BCUT2D eigenvalue weighted by molar-refractivity contribution is 0.0752. The van der Waals surface area contributed by atoms with E-state index in [4.69, 9.17) is 0 Å². The average molecular weight is 276 g/mol. The highest BCUT2D eigenvalue weighted by Crippen LogP contribution is 2.38. The summed E-state index contributed by atoms with van der Waals surface area (Å²) < 4.78 is 0. The Labute approximate surface area is 125 Å². The highest BCUT2D eigenvalue weighted by molar-refractivity contribution is 5.35. The minimum absolute atomic E-state index is 0.528. The molecule has 20 heavy (non-hydrogen) atoms. The second-order valence-corrected chi connectivity index (χ2v) is 6.82. The van der Waals surface area contributed by atoms with Gasteiger partial charge in [-0.3, -0.25) is 0 Å². The molecule has 0 aliphatic heterocycles. The lowest BCUT2D eigenvalue weighted by Gasteiger charge is -2.32. The van der Waals surface area contributed by atoms with Crippen LogP contribution in [0.25, 0.3) is 0 Å². The van der Waals surface area contributed by atoms with Crippen LogP contribution in [0.3, 0.4) is 0 Å². The Morgan fingerprint density at radius 2 is 1.70 bits per heavy atom. The van der Waals surface area contributed by atoms with Gasteiger partial charge in [-0.15, -0.1) is 0 Å².